The van der Waals surface area contributed by atoms with Crippen molar-refractivity contribution in [2.75, 3.05) is 25.1 Å². The number of benzene rings is 1. The van der Waals surface area contributed by atoms with E-state index in [1.54, 1.807) is 14.0 Å². The Bertz CT molecular complexity index is 535. The van der Waals surface area contributed by atoms with Crippen LogP contribution in [0.5, 0.6) is 0 Å². The molecule has 1 aliphatic rings. The van der Waals surface area contributed by atoms with Crippen LogP contribution in [0.15, 0.2) is 29.2 Å². The maximum absolute atomic E-state index is 12.5. The van der Waals surface area contributed by atoms with Crippen molar-refractivity contribution in [3.8, 4) is 0 Å². The van der Waals surface area contributed by atoms with E-state index in [4.69, 9.17) is 5.11 Å². The molecule has 5 nitrogen and oxygen atoms in total. The summed E-state index contributed by atoms with van der Waals surface area (Å²) < 4.78 is -1.17. The smallest absolute Gasteiger partial charge is 0.252 e. The van der Waals surface area contributed by atoms with Gasteiger partial charge in [0.25, 0.3) is 5.91 Å². The van der Waals surface area contributed by atoms with Crippen LogP contribution in [0.4, 0.5) is 5.69 Å². The first-order valence-electron chi connectivity index (χ1n) is 6.46. The van der Waals surface area contributed by atoms with Crippen LogP contribution >= 0.6 is 11.8 Å². The van der Waals surface area contributed by atoms with Gasteiger partial charge < -0.3 is 15.3 Å². The van der Waals surface area contributed by atoms with E-state index >= 15 is 0 Å². The van der Waals surface area contributed by atoms with E-state index in [0.29, 0.717) is 13.0 Å². The lowest BCUT2D eigenvalue weighted by Crippen LogP contribution is -2.55. The van der Waals surface area contributed by atoms with Crippen LogP contribution in [0.25, 0.3) is 0 Å². The number of nitrogens with one attached hydrogen (secondary N) is 1. The molecular formula is C14H18N2O3S. The SMILES string of the molecule is CN1C(=O)[C@@](C)(C(=O)NCCCO)Sc2ccccc21. The highest BCUT2D eigenvalue weighted by molar-refractivity contribution is 8.02. The number of rotatable bonds is 4. The lowest BCUT2D eigenvalue weighted by molar-refractivity contribution is -0.131. The number of para-hydroxylation sites is 1. The fraction of sp³-hybridized carbons (Fsp3) is 0.429. The highest BCUT2D eigenvalue weighted by Gasteiger charge is 2.47. The van der Waals surface area contributed by atoms with E-state index in [0.717, 1.165) is 10.6 Å². The van der Waals surface area contributed by atoms with Gasteiger partial charge in [-0.1, -0.05) is 23.9 Å². The molecule has 0 unspecified atom stereocenters. The zero-order chi connectivity index (χ0) is 14.8. The van der Waals surface area contributed by atoms with Gasteiger partial charge in [-0.15, -0.1) is 0 Å². The normalized spacial score (nSPS) is 21.6. The monoisotopic (exact) mass is 294 g/mol. The average Bonchev–Trinajstić information content (AvgIpc) is 2.45. The molecule has 0 saturated carbocycles. The highest BCUT2D eigenvalue weighted by atomic mass is 32.2. The molecule has 2 N–H and O–H groups in total. The molecule has 0 fully saturated rings. The van der Waals surface area contributed by atoms with Crippen LogP contribution in [0.2, 0.25) is 0 Å². The van der Waals surface area contributed by atoms with E-state index < -0.39 is 4.75 Å². The number of anilines is 1. The summed E-state index contributed by atoms with van der Waals surface area (Å²) in [6.07, 6.45) is 0.479. The molecule has 1 aromatic carbocycles. The summed E-state index contributed by atoms with van der Waals surface area (Å²) in [5.41, 5.74) is 0.822. The Kier molecular flexibility index (Phi) is 4.35. The second-order valence-electron chi connectivity index (χ2n) is 4.80. The lowest BCUT2D eigenvalue weighted by Gasteiger charge is -2.36. The zero-order valence-corrected chi connectivity index (χ0v) is 12.4. The Labute approximate surface area is 122 Å². The van der Waals surface area contributed by atoms with Crippen molar-refractivity contribution in [3.63, 3.8) is 0 Å². The van der Waals surface area contributed by atoms with Gasteiger partial charge in [0.05, 0.1) is 5.69 Å². The molecule has 0 aliphatic carbocycles. The van der Waals surface area contributed by atoms with Crippen molar-refractivity contribution in [2.45, 2.75) is 23.0 Å². The minimum absolute atomic E-state index is 0.0147. The van der Waals surface area contributed by atoms with E-state index in [-0.39, 0.29) is 18.4 Å². The van der Waals surface area contributed by atoms with Crippen LogP contribution in [0.1, 0.15) is 13.3 Å². The van der Waals surface area contributed by atoms with E-state index in [1.807, 2.05) is 24.3 Å². The Morgan fingerprint density at radius 3 is 2.85 bits per heavy atom. The first kappa shape index (κ1) is 14.9. The minimum Gasteiger partial charge on any atom is -0.396 e. The van der Waals surface area contributed by atoms with Gasteiger partial charge in [-0.25, -0.2) is 0 Å². The first-order valence-corrected chi connectivity index (χ1v) is 7.27. The molecule has 0 saturated heterocycles. The predicted molar refractivity (Wildman–Crippen MR) is 78.8 cm³/mol. The maximum Gasteiger partial charge on any atom is 0.252 e. The number of fused-ring (bicyclic) bond motifs is 1. The summed E-state index contributed by atoms with van der Waals surface area (Å²) in [5.74, 6) is -0.551. The minimum atomic E-state index is -1.17. The summed E-state index contributed by atoms with van der Waals surface area (Å²) >= 11 is 1.27. The van der Waals surface area contributed by atoms with Crippen LogP contribution in [-0.2, 0) is 9.59 Å². The van der Waals surface area contributed by atoms with Crippen molar-refractivity contribution in [1.29, 1.82) is 0 Å². The molecule has 20 heavy (non-hydrogen) atoms. The van der Waals surface area contributed by atoms with Crippen LogP contribution in [0.3, 0.4) is 0 Å². The molecule has 1 aliphatic heterocycles. The number of nitrogens with zero attached hydrogens (tertiary/aromatic N) is 1. The number of aliphatic hydroxyl groups is 1. The van der Waals surface area contributed by atoms with Gasteiger partial charge in [0, 0.05) is 25.1 Å². The van der Waals surface area contributed by atoms with Crippen LogP contribution < -0.4 is 10.2 Å². The Morgan fingerprint density at radius 2 is 2.15 bits per heavy atom. The molecule has 108 valence electrons. The number of amides is 2. The van der Waals surface area contributed by atoms with Crippen molar-refractivity contribution < 1.29 is 14.7 Å². The Morgan fingerprint density at radius 1 is 1.45 bits per heavy atom. The third-order valence-electron chi connectivity index (χ3n) is 3.31. The van der Waals surface area contributed by atoms with Crippen LogP contribution in [0, 0.1) is 0 Å². The number of hydrogen-bond acceptors (Lipinski definition) is 4. The average molecular weight is 294 g/mol. The molecule has 0 bridgehead atoms. The molecule has 1 atom stereocenters. The number of hydrogen-bond donors (Lipinski definition) is 2. The third kappa shape index (κ3) is 2.53. The van der Waals surface area contributed by atoms with E-state index in [2.05, 4.69) is 5.32 Å². The summed E-state index contributed by atoms with van der Waals surface area (Å²) in [5, 5.41) is 11.5. The Hall–Kier alpha value is -1.53. The highest BCUT2D eigenvalue weighted by Crippen LogP contribution is 2.44. The molecule has 0 spiro atoms. The van der Waals surface area contributed by atoms with Crippen molar-refractivity contribution in [2.24, 2.45) is 0 Å². The summed E-state index contributed by atoms with van der Waals surface area (Å²) in [4.78, 5) is 27.2. The lowest BCUT2D eigenvalue weighted by atomic mass is 10.1. The number of carbonyl (C=O) groups excluding carboxylic acids is 2. The second-order valence-corrected chi connectivity index (χ2v) is 6.26. The molecule has 2 amide bonds. The van der Waals surface area contributed by atoms with Crippen molar-refractivity contribution >= 4 is 29.3 Å². The number of aliphatic hydroxyl groups excluding tert-OH is 1. The fourth-order valence-electron chi connectivity index (χ4n) is 2.11. The zero-order valence-electron chi connectivity index (χ0n) is 11.5. The quantitative estimate of drug-likeness (QED) is 0.642. The Balaban J connectivity index is 2.24. The third-order valence-corrected chi connectivity index (χ3v) is 4.64. The van der Waals surface area contributed by atoms with Crippen LogP contribution in [-0.4, -0.2) is 41.9 Å². The predicted octanol–water partition coefficient (Wildman–Crippen LogP) is 1.01. The van der Waals surface area contributed by atoms with Crippen molar-refractivity contribution in [3.05, 3.63) is 24.3 Å². The summed E-state index contributed by atoms with van der Waals surface area (Å²) in [6.45, 7) is 2.02. The standard InChI is InChI=1S/C14H18N2O3S/c1-14(12(18)15-8-5-9-17)13(19)16(2)10-6-3-4-7-11(10)20-14/h3-4,6-7,17H,5,8-9H2,1-2H3,(H,15,18)/t14-/m1/s1. The molecule has 0 radical (unpaired) electrons. The molecule has 6 heteroatoms. The van der Waals surface area contributed by atoms with Gasteiger partial charge in [-0.2, -0.15) is 0 Å². The van der Waals surface area contributed by atoms with Gasteiger partial charge in [0.15, 0.2) is 4.75 Å². The largest absolute Gasteiger partial charge is 0.396 e. The topological polar surface area (TPSA) is 69.6 Å². The van der Waals surface area contributed by atoms with Gasteiger partial charge in [0.2, 0.25) is 5.91 Å². The molecule has 1 heterocycles. The first-order chi connectivity index (χ1) is 9.50. The van der Waals surface area contributed by atoms with E-state index in [9.17, 15) is 9.59 Å². The fourth-order valence-corrected chi connectivity index (χ4v) is 3.39. The van der Waals surface area contributed by atoms with Gasteiger partial charge in [0.1, 0.15) is 0 Å². The maximum atomic E-state index is 12.5. The van der Waals surface area contributed by atoms with E-state index in [1.165, 1.54) is 16.7 Å². The van der Waals surface area contributed by atoms with Gasteiger partial charge in [-0.05, 0) is 25.5 Å². The number of carbonyl (C=O) groups is 2. The summed E-state index contributed by atoms with van der Waals surface area (Å²) in [6, 6.07) is 7.53. The van der Waals surface area contributed by atoms with Gasteiger partial charge >= 0.3 is 0 Å². The second kappa shape index (κ2) is 5.85. The molecule has 0 aromatic heterocycles. The summed E-state index contributed by atoms with van der Waals surface area (Å²) in [7, 11) is 1.68. The molecular weight excluding hydrogens is 276 g/mol. The molecule has 2 rings (SSSR count). The van der Waals surface area contributed by atoms with Crippen molar-refractivity contribution in [1.82, 2.24) is 5.32 Å². The number of thioether (sulfide) groups is 1. The molecule has 1 aromatic rings. The van der Waals surface area contributed by atoms with Gasteiger partial charge in [-0.3, -0.25) is 9.59 Å².